The van der Waals surface area contributed by atoms with Crippen LogP contribution in [0.1, 0.15) is 58.8 Å². The molecular formula is C31H33F2N7O5S. The fourth-order valence-electron chi connectivity index (χ4n) is 5.81. The Kier molecular flexibility index (Phi) is 8.16. The molecule has 0 radical (unpaired) electrons. The highest BCUT2D eigenvalue weighted by Gasteiger charge is 2.48. The summed E-state index contributed by atoms with van der Waals surface area (Å²) in [6.07, 6.45) is 3.27. The molecule has 0 bridgehead atoms. The topological polar surface area (TPSA) is 153 Å². The number of fused-ring (bicyclic) bond motifs is 1. The van der Waals surface area contributed by atoms with Crippen molar-refractivity contribution in [2.45, 2.75) is 49.8 Å². The Morgan fingerprint density at radius 3 is 2.41 bits per heavy atom. The van der Waals surface area contributed by atoms with Crippen LogP contribution in [0.15, 0.2) is 59.6 Å². The van der Waals surface area contributed by atoms with Gasteiger partial charge in [0.05, 0.1) is 27.4 Å². The number of carbonyl (C=O) groups is 2. The number of aromatic nitrogens is 3. The summed E-state index contributed by atoms with van der Waals surface area (Å²) in [6.45, 7) is 4.80. The SMILES string of the molecule is CN1CCC(Oc2ccc(C(=O)Nc3n[nH]c4c3CN(S(=O)(=O)c3cc(F)cc(F)c3)C4(C)C)c(NC(=O)c3ccc[nH]3)c2)CC1. The number of sulfonamides is 1. The van der Waals surface area contributed by atoms with Gasteiger partial charge in [-0.25, -0.2) is 17.2 Å². The fraction of sp³-hybridized carbons (Fsp3) is 0.323. The van der Waals surface area contributed by atoms with Crippen molar-refractivity contribution in [1.29, 1.82) is 0 Å². The summed E-state index contributed by atoms with van der Waals surface area (Å²) >= 11 is 0. The standard InChI is InChI=1S/C31H33F2N7O5S/c1-31(2)27-24(17-40(31)46(43,44)22-14-18(32)13-19(33)15-22)28(38-37-27)36-29(41)23-7-6-21(45-20-8-11-39(3)12-9-20)16-26(23)35-30(42)25-5-4-10-34-25/h4-7,10,13-16,20,34H,8-9,11-12,17H2,1-3H3,(H,35,42)(H2,36,37,38,41). The summed E-state index contributed by atoms with van der Waals surface area (Å²) in [6, 6.07) is 10.2. The van der Waals surface area contributed by atoms with E-state index in [1.807, 2.05) is 0 Å². The molecule has 6 rings (SSSR count). The lowest BCUT2D eigenvalue weighted by molar-refractivity contribution is 0.102. The third kappa shape index (κ3) is 6.00. The molecule has 2 amide bonds. The molecule has 46 heavy (non-hydrogen) atoms. The molecule has 2 aromatic heterocycles. The molecule has 15 heteroatoms. The van der Waals surface area contributed by atoms with E-state index < -0.39 is 43.9 Å². The van der Waals surface area contributed by atoms with Crippen molar-refractivity contribution < 1.29 is 31.5 Å². The minimum absolute atomic E-state index is 0.0130. The van der Waals surface area contributed by atoms with Crippen molar-refractivity contribution in [3.8, 4) is 5.75 Å². The molecule has 1 fully saturated rings. The van der Waals surface area contributed by atoms with E-state index in [-0.39, 0.29) is 29.7 Å². The van der Waals surface area contributed by atoms with Crippen LogP contribution in [-0.2, 0) is 22.1 Å². The van der Waals surface area contributed by atoms with Crippen molar-refractivity contribution in [3.05, 3.63) is 88.9 Å². The zero-order valence-electron chi connectivity index (χ0n) is 25.4. The second kappa shape index (κ2) is 12.0. The van der Waals surface area contributed by atoms with Crippen LogP contribution in [0.25, 0.3) is 0 Å². The second-order valence-corrected chi connectivity index (χ2v) is 13.8. The third-order valence-corrected chi connectivity index (χ3v) is 10.4. The van der Waals surface area contributed by atoms with Gasteiger partial charge in [-0.2, -0.15) is 9.40 Å². The average molecular weight is 654 g/mol. The number of likely N-dealkylation sites (tertiary alicyclic amines) is 1. The number of hydrogen-bond acceptors (Lipinski definition) is 7. The summed E-state index contributed by atoms with van der Waals surface area (Å²) in [5.74, 6) is -2.56. The number of amides is 2. The van der Waals surface area contributed by atoms with Crippen molar-refractivity contribution in [1.82, 2.24) is 24.4 Å². The lowest BCUT2D eigenvalue weighted by Gasteiger charge is -2.30. The zero-order valence-corrected chi connectivity index (χ0v) is 26.2. The first-order chi connectivity index (χ1) is 21.8. The highest BCUT2D eigenvalue weighted by Crippen LogP contribution is 2.44. The van der Waals surface area contributed by atoms with Gasteiger partial charge in [-0.05, 0) is 70.1 Å². The van der Waals surface area contributed by atoms with Crippen LogP contribution < -0.4 is 15.4 Å². The van der Waals surface area contributed by atoms with Crippen LogP contribution in [0.2, 0.25) is 0 Å². The van der Waals surface area contributed by atoms with Crippen molar-refractivity contribution in [2.75, 3.05) is 30.8 Å². The number of carbonyl (C=O) groups excluding carboxylic acids is 2. The lowest BCUT2D eigenvalue weighted by Crippen LogP contribution is -2.40. The molecule has 0 aliphatic carbocycles. The number of hydrogen-bond donors (Lipinski definition) is 4. The Morgan fingerprint density at radius 1 is 1.02 bits per heavy atom. The van der Waals surface area contributed by atoms with Crippen LogP contribution in [0.4, 0.5) is 20.3 Å². The minimum Gasteiger partial charge on any atom is -0.490 e. The minimum atomic E-state index is -4.36. The van der Waals surface area contributed by atoms with E-state index in [0.717, 1.165) is 42.4 Å². The molecular weight excluding hydrogens is 620 g/mol. The van der Waals surface area contributed by atoms with Gasteiger partial charge in [-0.3, -0.25) is 14.7 Å². The summed E-state index contributed by atoms with van der Waals surface area (Å²) in [7, 11) is -2.31. The maximum Gasteiger partial charge on any atom is 0.272 e. The molecule has 0 unspecified atom stereocenters. The zero-order chi connectivity index (χ0) is 32.8. The molecule has 4 heterocycles. The molecule has 2 aliphatic rings. The van der Waals surface area contributed by atoms with Gasteiger partial charge in [0.1, 0.15) is 29.2 Å². The Hall–Kier alpha value is -4.60. The molecule has 0 spiro atoms. The average Bonchev–Trinajstić information content (AvgIpc) is 3.73. The van der Waals surface area contributed by atoms with E-state index in [9.17, 15) is 26.8 Å². The van der Waals surface area contributed by atoms with Crippen LogP contribution in [0.5, 0.6) is 5.75 Å². The normalized spacial score (nSPS) is 17.1. The van der Waals surface area contributed by atoms with E-state index in [0.29, 0.717) is 28.8 Å². The van der Waals surface area contributed by atoms with Gasteiger partial charge in [-0.15, -0.1) is 0 Å². The molecule has 4 N–H and O–H groups in total. The molecule has 4 aromatic rings. The molecule has 2 aromatic carbocycles. The Bertz CT molecular complexity index is 1880. The number of rotatable bonds is 8. The van der Waals surface area contributed by atoms with E-state index in [1.165, 1.54) is 6.07 Å². The summed E-state index contributed by atoms with van der Waals surface area (Å²) in [5.41, 5.74) is 0.203. The molecule has 0 saturated carbocycles. The Labute approximate surface area is 264 Å². The van der Waals surface area contributed by atoms with E-state index >= 15 is 0 Å². The number of ether oxygens (including phenoxy) is 1. The summed E-state index contributed by atoms with van der Waals surface area (Å²) in [5, 5.41) is 12.6. The number of nitrogens with zero attached hydrogens (tertiary/aromatic N) is 3. The van der Waals surface area contributed by atoms with Gasteiger partial charge in [0.2, 0.25) is 10.0 Å². The number of piperidine rings is 1. The largest absolute Gasteiger partial charge is 0.490 e. The maximum atomic E-state index is 13.9. The first kappa shape index (κ1) is 31.4. The summed E-state index contributed by atoms with van der Waals surface area (Å²) < 4.78 is 62.2. The van der Waals surface area contributed by atoms with Crippen molar-refractivity contribution in [2.24, 2.45) is 0 Å². The predicted octanol–water partition coefficient (Wildman–Crippen LogP) is 4.43. The number of nitrogens with one attached hydrogen (secondary N) is 4. The third-order valence-electron chi connectivity index (χ3n) is 8.35. The Morgan fingerprint density at radius 2 is 1.74 bits per heavy atom. The van der Waals surface area contributed by atoms with Gasteiger partial charge >= 0.3 is 0 Å². The molecule has 1 saturated heterocycles. The van der Waals surface area contributed by atoms with E-state index in [2.05, 4.69) is 37.8 Å². The number of aromatic amines is 2. The molecule has 2 aliphatic heterocycles. The number of anilines is 2. The van der Waals surface area contributed by atoms with Crippen LogP contribution in [0, 0.1) is 11.6 Å². The van der Waals surface area contributed by atoms with Gasteiger partial charge < -0.3 is 25.3 Å². The quantitative estimate of drug-likeness (QED) is 0.220. The smallest absolute Gasteiger partial charge is 0.272 e. The molecule has 0 atom stereocenters. The van der Waals surface area contributed by atoms with Crippen molar-refractivity contribution >= 4 is 33.3 Å². The highest BCUT2D eigenvalue weighted by molar-refractivity contribution is 7.89. The first-order valence-electron chi connectivity index (χ1n) is 14.6. The van der Waals surface area contributed by atoms with E-state index in [4.69, 9.17) is 4.74 Å². The van der Waals surface area contributed by atoms with Gasteiger partial charge in [0.15, 0.2) is 5.82 Å². The number of H-pyrrole nitrogens is 2. The van der Waals surface area contributed by atoms with Gasteiger partial charge in [0, 0.05) is 43.5 Å². The second-order valence-electron chi connectivity index (χ2n) is 11.9. The predicted molar refractivity (Wildman–Crippen MR) is 165 cm³/mol. The molecule has 12 nitrogen and oxygen atoms in total. The monoisotopic (exact) mass is 653 g/mol. The maximum absolute atomic E-state index is 13.9. The van der Waals surface area contributed by atoms with Gasteiger partial charge in [-0.1, -0.05) is 0 Å². The van der Waals surface area contributed by atoms with Crippen LogP contribution in [-0.4, -0.2) is 70.9 Å². The van der Waals surface area contributed by atoms with Gasteiger partial charge in [0.25, 0.3) is 11.8 Å². The molecule has 242 valence electrons. The fourth-order valence-corrected chi connectivity index (χ4v) is 7.58. The summed E-state index contributed by atoms with van der Waals surface area (Å²) in [4.78, 5) is 31.2. The number of halogens is 2. The van der Waals surface area contributed by atoms with E-state index in [1.54, 1.807) is 44.3 Å². The van der Waals surface area contributed by atoms with Crippen LogP contribution in [0.3, 0.4) is 0 Å². The van der Waals surface area contributed by atoms with Crippen LogP contribution >= 0.6 is 0 Å². The highest BCUT2D eigenvalue weighted by atomic mass is 32.2. The number of benzene rings is 2. The lowest BCUT2D eigenvalue weighted by atomic mass is 10.0. The van der Waals surface area contributed by atoms with Crippen molar-refractivity contribution in [3.63, 3.8) is 0 Å². The first-order valence-corrected chi connectivity index (χ1v) is 16.1. The Balaban J connectivity index is 1.27.